The van der Waals surface area contributed by atoms with Crippen molar-refractivity contribution >= 4 is 41.8 Å². The number of thioether (sulfide) groups is 2. The van der Waals surface area contributed by atoms with Gasteiger partial charge in [-0.05, 0) is 17.7 Å². The summed E-state index contributed by atoms with van der Waals surface area (Å²) >= 11 is 3.02. The minimum Gasteiger partial charge on any atom is -0.477 e. The Bertz CT molecular complexity index is 677. The zero-order valence-corrected chi connectivity index (χ0v) is 13.6. The van der Waals surface area contributed by atoms with Gasteiger partial charge in [-0.1, -0.05) is 18.2 Å². The summed E-state index contributed by atoms with van der Waals surface area (Å²) in [5.41, 5.74) is 0.789. The number of rotatable bonds is 6. The summed E-state index contributed by atoms with van der Waals surface area (Å²) in [6.45, 7) is 0. The fraction of sp³-hybridized carbons (Fsp3) is 0.267. The zero-order valence-electron chi connectivity index (χ0n) is 12.0. The molecule has 3 rings (SSSR count). The molecule has 2 atom stereocenters. The lowest BCUT2D eigenvalue weighted by atomic mass is 10.0. The van der Waals surface area contributed by atoms with E-state index in [1.54, 1.807) is 11.8 Å². The van der Waals surface area contributed by atoms with Crippen LogP contribution in [0, 0.1) is 0 Å². The molecule has 0 aliphatic carbocycles. The average Bonchev–Trinajstić information content (AvgIpc) is 2.57. The number of benzene rings is 1. The summed E-state index contributed by atoms with van der Waals surface area (Å²) in [5, 5.41) is 11.6. The van der Waals surface area contributed by atoms with Gasteiger partial charge in [0.05, 0.1) is 0 Å². The number of hydrogen-bond donors (Lipinski definition) is 2. The number of fused-ring (bicyclic) bond motifs is 1. The molecule has 2 heterocycles. The van der Waals surface area contributed by atoms with Gasteiger partial charge < -0.3 is 10.4 Å². The predicted octanol–water partition coefficient (Wildman–Crippen LogP) is 1.15. The van der Waals surface area contributed by atoms with Crippen LogP contribution in [-0.2, 0) is 14.4 Å². The van der Waals surface area contributed by atoms with Crippen molar-refractivity contribution in [2.75, 3.05) is 11.5 Å². The highest BCUT2D eigenvalue weighted by Crippen LogP contribution is 2.41. The van der Waals surface area contributed by atoms with Crippen molar-refractivity contribution in [2.45, 2.75) is 16.3 Å². The maximum atomic E-state index is 12.1. The topological polar surface area (TPSA) is 86.7 Å². The van der Waals surface area contributed by atoms with Crippen LogP contribution >= 0.6 is 23.5 Å². The van der Waals surface area contributed by atoms with Crippen molar-refractivity contribution in [1.82, 2.24) is 10.2 Å². The molecule has 1 aromatic rings. The molecule has 2 amide bonds. The Labute approximate surface area is 141 Å². The van der Waals surface area contributed by atoms with Crippen LogP contribution in [-0.4, -0.2) is 51.2 Å². The minimum absolute atomic E-state index is 0.0612. The molecule has 2 N–H and O–H groups in total. The molecule has 0 spiro atoms. The third-order valence-electron chi connectivity index (χ3n) is 3.65. The molecule has 2 aliphatic heterocycles. The highest BCUT2D eigenvalue weighted by molar-refractivity contribution is 8.01. The fourth-order valence-electron chi connectivity index (χ4n) is 2.58. The molecule has 0 radical (unpaired) electrons. The monoisotopic (exact) mass is 350 g/mol. The minimum atomic E-state index is -1.10. The second-order valence-corrected chi connectivity index (χ2v) is 7.18. The summed E-state index contributed by atoms with van der Waals surface area (Å²) < 4.78 is 0. The maximum Gasteiger partial charge on any atom is 0.352 e. The molecular formula is C15H14N2O4S2. The number of carboxylic acid groups (broad SMARTS) is 1. The standard InChI is InChI=1S/C15H14N2O4S2/c18-8-16-11-13(19)17-12(15(20)21)9(7-23-14(11)17)6-22-10-4-2-1-3-5-10/h1-5,8,11,14H,6-7H2,(H,16,18)(H,20,21). The Morgan fingerprint density at radius 3 is 2.83 bits per heavy atom. The molecule has 8 heteroatoms. The van der Waals surface area contributed by atoms with E-state index in [-0.39, 0.29) is 17.0 Å². The van der Waals surface area contributed by atoms with Crippen molar-refractivity contribution in [1.29, 1.82) is 0 Å². The molecule has 0 bridgehead atoms. The molecule has 2 unspecified atom stereocenters. The van der Waals surface area contributed by atoms with Gasteiger partial charge in [-0.25, -0.2) is 4.79 Å². The first-order valence-corrected chi connectivity index (χ1v) is 8.94. The average molecular weight is 350 g/mol. The predicted molar refractivity (Wildman–Crippen MR) is 87.9 cm³/mol. The SMILES string of the molecule is O=CNC1C(=O)N2C(C(=O)O)=C(CSc3ccccc3)CSC12. The van der Waals surface area contributed by atoms with E-state index < -0.39 is 12.0 Å². The lowest BCUT2D eigenvalue weighted by molar-refractivity contribution is -0.149. The van der Waals surface area contributed by atoms with Crippen LogP contribution < -0.4 is 5.32 Å². The second kappa shape index (κ2) is 6.67. The summed E-state index contributed by atoms with van der Waals surface area (Å²) in [5.74, 6) is -0.417. The van der Waals surface area contributed by atoms with Crippen LogP contribution in [0.15, 0.2) is 46.5 Å². The molecule has 1 aromatic carbocycles. The number of aliphatic carboxylic acids is 1. The van der Waals surface area contributed by atoms with Crippen molar-refractivity contribution in [3.05, 3.63) is 41.6 Å². The van der Waals surface area contributed by atoms with Crippen molar-refractivity contribution in [3.63, 3.8) is 0 Å². The van der Waals surface area contributed by atoms with Gasteiger partial charge in [0.2, 0.25) is 6.41 Å². The molecule has 6 nitrogen and oxygen atoms in total. The fourth-order valence-corrected chi connectivity index (χ4v) is 4.99. The summed E-state index contributed by atoms with van der Waals surface area (Å²) in [4.78, 5) is 36.6. The van der Waals surface area contributed by atoms with E-state index in [9.17, 15) is 19.5 Å². The van der Waals surface area contributed by atoms with E-state index in [0.717, 1.165) is 10.5 Å². The van der Waals surface area contributed by atoms with Crippen molar-refractivity contribution < 1.29 is 19.5 Å². The Morgan fingerprint density at radius 2 is 2.17 bits per heavy atom. The van der Waals surface area contributed by atoms with E-state index in [4.69, 9.17) is 0 Å². The number of carbonyl (C=O) groups excluding carboxylic acids is 2. The van der Waals surface area contributed by atoms with E-state index >= 15 is 0 Å². The van der Waals surface area contributed by atoms with Gasteiger partial charge in [-0.15, -0.1) is 23.5 Å². The number of β-lactam (4-membered cyclic amide) rings is 1. The van der Waals surface area contributed by atoms with Crippen LogP contribution in [0.25, 0.3) is 0 Å². The quantitative estimate of drug-likeness (QED) is 0.455. The molecule has 0 saturated carbocycles. The van der Waals surface area contributed by atoms with Gasteiger partial charge in [0.15, 0.2) is 0 Å². The Morgan fingerprint density at radius 1 is 1.43 bits per heavy atom. The first-order chi connectivity index (χ1) is 11.1. The first kappa shape index (κ1) is 15.9. The van der Waals surface area contributed by atoms with E-state index in [1.165, 1.54) is 16.7 Å². The van der Waals surface area contributed by atoms with Gasteiger partial charge in [0.1, 0.15) is 17.1 Å². The lowest BCUT2D eigenvalue weighted by Crippen LogP contribution is -2.69. The van der Waals surface area contributed by atoms with Gasteiger partial charge in [-0.3, -0.25) is 14.5 Å². The van der Waals surface area contributed by atoms with Crippen LogP contribution in [0.1, 0.15) is 0 Å². The lowest BCUT2D eigenvalue weighted by Gasteiger charge is -2.49. The maximum absolute atomic E-state index is 12.1. The number of carboxylic acids is 1. The smallest absolute Gasteiger partial charge is 0.352 e. The second-order valence-electron chi connectivity index (χ2n) is 5.03. The largest absolute Gasteiger partial charge is 0.477 e. The van der Waals surface area contributed by atoms with Gasteiger partial charge in [-0.2, -0.15) is 0 Å². The van der Waals surface area contributed by atoms with Crippen molar-refractivity contribution in [2.24, 2.45) is 0 Å². The van der Waals surface area contributed by atoms with E-state index in [1.807, 2.05) is 30.3 Å². The highest BCUT2D eigenvalue weighted by atomic mass is 32.2. The highest BCUT2D eigenvalue weighted by Gasteiger charge is 2.53. The molecule has 23 heavy (non-hydrogen) atoms. The van der Waals surface area contributed by atoms with Gasteiger partial charge >= 0.3 is 5.97 Å². The van der Waals surface area contributed by atoms with Crippen LogP contribution in [0.5, 0.6) is 0 Å². The van der Waals surface area contributed by atoms with Gasteiger partial charge in [0.25, 0.3) is 5.91 Å². The summed E-state index contributed by atoms with van der Waals surface area (Å²) in [6.07, 6.45) is 0.478. The normalized spacial score (nSPS) is 23.1. The molecule has 0 aromatic heterocycles. The van der Waals surface area contributed by atoms with Gasteiger partial charge in [0, 0.05) is 16.4 Å². The molecular weight excluding hydrogens is 336 g/mol. The number of nitrogens with one attached hydrogen (secondary N) is 1. The van der Waals surface area contributed by atoms with Crippen LogP contribution in [0.3, 0.4) is 0 Å². The van der Waals surface area contributed by atoms with Crippen LogP contribution in [0.4, 0.5) is 0 Å². The third kappa shape index (κ3) is 2.96. The molecule has 1 fully saturated rings. The number of amides is 2. The van der Waals surface area contributed by atoms with E-state index in [2.05, 4.69) is 5.32 Å². The Hall–Kier alpha value is -1.93. The number of carbonyl (C=O) groups is 3. The third-order valence-corrected chi connectivity index (χ3v) is 6.09. The first-order valence-electron chi connectivity index (χ1n) is 6.91. The van der Waals surface area contributed by atoms with Crippen LogP contribution in [0.2, 0.25) is 0 Å². The molecule has 1 saturated heterocycles. The van der Waals surface area contributed by atoms with E-state index in [0.29, 0.717) is 17.9 Å². The Kier molecular flexibility index (Phi) is 4.63. The van der Waals surface area contributed by atoms with Crippen molar-refractivity contribution in [3.8, 4) is 0 Å². The Balaban J connectivity index is 1.79. The zero-order chi connectivity index (χ0) is 16.4. The molecule has 120 valence electrons. The number of hydrogen-bond acceptors (Lipinski definition) is 5. The summed E-state index contributed by atoms with van der Waals surface area (Å²) in [6, 6.07) is 9.07. The summed E-state index contributed by atoms with van der Waals surface area (Å²) in [7, 11) is 0. The molecule has 2 aliphatic rings. The number of nitrogens with zero attached hydrogens (tertiary/aromatic N) is 1.